The first kappa shape index (κ1) is 16.3. The third kappa shape index (κ3) is 2.67. The van der Waals surface area contributed by atoms with Crippen molar-refractivity contribution >= 4 is 16.9 Å². The van der Waals surface area contributed by atoms with E-state index in [4.69, 9.17) is 0 Å². The van der Waals surface area contributed by atoms with Gasteiger partial charge in [-0.3, -0.25) is 13.9 Å². The Hall–Kier alpha value is -2.04. The summed E-state index contributed by atoms with van der Waals surface area (Å²) in [5, 5.41) is 0. The number of likely N-dealkylation sites (N-methyl/N-ethyl adjacent to an activating group) is 1. The van der Waals surface area contributed by atoms with Gasteiger partial charge in [0, 0.05) is 19.6 Å². The van der Waals surface area contributed by atoms with Gasteiger partial charge in [0.15, 0.2) is 0 Å². The highest BCUT2D eigenvalue weighted by atomic mass is 16.2. The van der Waals surface area contributed by atoms with Crippen molar-refractivity contribution in [2.75, 3.05) is 14.1 Å². The van der Waals surface area contributed by atoms with E-state index in [-0.39, 0.29) is 23.7 Å². The van der Waals surface area contributed by atoms with Gasteiger partial charge >= 0.3 is 5.69 Å². The van der Waals surface area contributed by atoms with E-state index in [1.54, 1.807) is 23.2 Å². The number of fused-ring (bicyclic) bond motifs is 1. The highest BCUT2D eigenvalue weighted by molar-refractivity contribution is 5.83. The number of carbonyl (C=O) groups is 1. The smallest absolute Gasteiger partial charge is 0.330 e. The molecular weight excluding hydrogens is 278 g/mol. The molecular formula is C17H25N3O2. The van der Waals surface area contributed by atoms with E-state index >= 15 is 0 Å². The molecule has 5 nitrogen and oxygen atoms in total. The molecule has 0 aliphatic rings. The molecule has 0 radical (unpaired) electrons. The number of benzene rings is 1. The summed E-state index contributed by atoms with van der Waals surface area (Å²) in [5.41, 5.74) is 3.39. The zero-order valence-electron chi connectivity index (χ0n) is 14.5. The van der Waals surface area contributed by atoms with Crippen molar-refractivity contribution in [3.63, 3.8) is 0 Å². The maximum absolute atomic E-state index is 12.9. The van der Waals surface area contributed by atoms with Crippen molar-refractivity contribution in [2.24, 2.45) is 0 Å². The van der Waals surface area contributed by atoms with Crippen LogP contribution < -0.4 is 5.69 Å². The molecule has 1 heterocycles. The molecule has 0 unspecified atom stereocenters. The van der Waals surface area contributed by atoms with Crippen molar-refractivity contribution in [3.05, 3.63) is 33.7 Å². The molecule has 120 valence electrons. The molecule has 0 aliphatic heterocycles. The number of carbonyl (C=O) groups excluding carboxylic acids is 1. The summed E-state index contributed by atoms with van der Waals surface area (Å²) in [7, 11) is 3.40. The Bertz CT molecular complexity index is 789. The summed E-state index contributed by atoms with van der Waals surface area (Å²) < 4.78 is 3.38. The van der Waals surface area contributed by atoms with Gasteiger partial charge in [-0.15, -0.1) is 0 Å². The maximum atomic E-state index is 12.9. The van der Waals surface area contributed by atoms with Gasteiger partial charge in [0.2, 0.25) is 5.91 Å². The van der Waals surface area contributed by atoms with Crippen molar-refractivity contribution in [3.8, 4) is 0 Å². The quantitative estimate of drug-likeness (QED) is 0.854. The van der Waals surface area contributed by atoms with Gasteiger partial charge in [-0.2, -0.15) is 0 Å². The van der Waals surface area contributed by atoms with E-state index in [9.17, 15) is 9.59 Å². The van der Waals surface area contributed by atoms with E-state index in [0.29, 0.717) is 0 Å². The second-order valence-electron chi connectivity index (χ2n) is 7.11. The highest BCUT2D eigenvalue weighted by Crippen LogP contribution is 2.25. The second kappa shape index (κ2) is 5.30. The van der Waals surface area contributed by atoms with Crippen LogP contribution in [0.25, 0.3) is 11.0 Å². The van der Waals surface area contributed by atoms with Crippen molar-refractivity contribution < 1.29 is 4.79 Å². The average Bonchev–Trinajstić information content (AvgIpc) is 2.61. The van der Waals surface area contributed by atoms with Gasteiger partial charge in [0.05, 0.1) is 11.0 Å². The Balaban J connectivity index is 2.85. The number of nitrogens with zero attached hydrogens (tertiary/aromatic N) is 3. The van der Waals surface area contributed by atoms with Gasteiger partial charge in [-0.1, -0.05) is 6.07 Å². The monoisotopic (exact) mass is 303 g/mol. The van der Waals surface area contributed by atoms with E-state index in [0.717, 1.165) is 22.2 Å². The predicted octanol–water partition coefficient (Wildman–Crippen LogP) is 2.26. The standard InChI is InChI=1S/C17H25N3O2/c1-11-8-12(2)15-13(9-11)20(17(3,4)5)16(22)19(15)10-14(21)18(6)7/h8-9H,10H2,1-7H3. The molecule has 5 heteroatoms. The predicted molar refractivity (Wildman–Crippen MR) is 89.4 cm³/mol. The molecule has 0 saturated heterocycles. The minimum atomic E-state index is -0.345. The normalized spacial score (nSPS) is 12.0. The van der Waals surface area contributed by atoms with E-state index in [2.05, 4.69) is 0 Å². The lowest BCUT2D eigenvalue weighted by Crippen LogP contribution is -2.37. The molecule has 22 heavy (non-hydrogen) atoms. The van der Waals surface area contributed by atoms with E-state index in [1.807, 2.05) is 46.8 Å². The minimum absolute atomic E-state index is 0.0648. The lowest BCUT2D eigenvalue weighted by Gasteiger charge is -2.21. The molecule has 0 atom stereocenters. The van der Waals surface area contributed by atoms with Gasteiger partial charge in [0.1, 0.15) is 6.54 Å². The van der Waals surface area contributed by atoms with Crippen LogP contribution in [-0.2, 0) is 16.9 Å². The molecule has 0 bridgehead atoms. The summed E-state index contributed by atoms with van der Waals surface area (Å²) in [6.07, 6.45) is 0. The van der Waals surface area contributed by atoms with Crippen LogP contribution in [0.2, 0.25) is 0 Å². The highest BCUT2D eigenvalue weighted by Gasteiger charge is 2.24. The minimum Gasteiger partial charge on any atom is -0.347 e. The first-order valence-electron chi connectivity index (χ1n) is 7.47. The summed E-state index contributed by atoms with van der Waals surface area (Å²) >= 11 is 0. The molecule has 0 saturated carbocycles. The summed E-state index contributed by atoms with van der Waals surface area (Å²) in [6, 6.07) is 4.07. The molecule has 0 N–H and O–H groups in total. The van der Waals surface area contributed by atoms with Gasteiger partial charge in [0.25, 0.3) is 0 Å². The second-order valence-corrected chi connectivity index (χ2v) is 7.11. The summed E-state index contributed by atoms with van der Waals surface area (Å²) in [4.78, 5) is 26.5. The van der Waals surface area contributed by atoms with Crippen LogP contribution in [0.15, 0.2) is 16.9 Å². The van der Waals surface area contributed by atoms with E-state index in [1.165, 1.54) is 4.90 Å². The molecule has 1 aromatic carbocycles. The number of hydrogen-bond donors (Lipinski definition) is 0. The fourth-order valence-electron chi connectivity index (χ4n) is 2.85. The zero-order valence-corrected chi connectivity index (χ0v) is 14.5. The van der Waals surface area contributed by atoms with Crippen LogP contribution in [0.1, 0.15) is 31.9 Å². The number of aryl methyl sites for hydroxylation is 2. The SMILES string of the molecule is Cc1cc(C)c2c(c1)n(C(C)(C)C)c(=O)n2CC(=O)N(C)C. The Morgan fingerprint density at radius 3 is 2.27 bits per heavy atom. The lowest BCUT2D eigenvalue weighted by molar-refractivity contribution is -0.129. The Labute approximate surface area is 131 Å². The lowest BCUT2D eigenvalue weighted by atomic mass is 10.1. The zero-order chi connectivity index (χ0) is 16.8. The maximum Gasteiger partial charge on any atom is 0.330 e. The van der Waals surface area contributed by atoms with Gasteiger partial charge < -0.3 is 4.90 Å². The number of rotatable bonds is 2. The molecule has 1 amide bonds. The fraction of sp³-hybridized carbons (Fsp3) is 0.529. The van der Waals surface area contributed by atoms with Crippen LogP contribution in [0.4, 0.5) is 0 Å². The van der Waals surface area contributed by atoms with Crippen molar-refractivity contribution in [2.45, 2.75) is 46.7 Å². The third-order valence-electron chi connectivity index (χ3n) is 3.82. The topological polar surface area (TPSA) is 47.2 Å². The first-order chi connectivity index (χ1) is 10.0. The number of imidazole rings is 1. The van der Waals surface area contributed by atoms with Crippen LogP contribution in [0.3, 0.4) is 0 Å². The summed E-state index contributed by atoms with van der Waals surface area (Å²) in [6.45, 7) is 10.1. The van der Waals surface area contributed by atoms with Crippen LogP contribution in [0, 0.1) is 13.8 Å². The Kier molecular flexibility index (Phi) is 3.94. The molecule has 1 aromatic heterocycles. The molecule has 0 aliphatic carbocycles. The van der Waals surface area contributed by atoms with Crippen molar-refractivity contribution in [1.29, 1.82) is 0 Å². The molecule has 0 spiro atoms. The number of hydrogen-bond acceptors (Lipinski definition) is 2. The van der Waals surface area contributed by atoms with Crippen LogP contribution >= 0.6 is 0 Å². The Morgan fingerprint density at radius 1 is 1.18 bits per heavy atom. The number of aromatic nitrogens is 2. The van der Waals surface area contributed by atoms with Gasteiger partial charge in [-0.05, 0) is 51.8 Å². The average molecular weight is 303 g/mol. The Morgan fingerprint density at radius 2 is 1.77 bits per heavy atom. The largest absolute Gasteiger partial charge is 0.347 e. The van der Waals surface area contributed by atoms with Crippen molar-refractivity contribution in [1.82, 2.24) is 14.0 Å². The van der Waals surface area contributed by atoms with Crippen LogP contribution in [0.5, 0.6) is 0 Å². The number of amides is 1. The molecule has 2 aromatic rings. The first-order valence-corrected chi connectivity index (χ1v) is 7.47. The summed E-state index contributed by atoms with van der Waals surface area (Å²) in [5.74, 6) is -0.0879. The van der Waals surface area contributed by atoms with Gasteiger partial charge in [-0.25, -0.2) is 4.79 Å². The third-order valence-corrected chi connectivity index (χ3v) is 3.82. The fourth-order valence-corrected chi connectivity index (χ4v) is 2.85. The molecule has 2 rings (SSSR count). The van der Waals surface area contributed by atoms with Crippen LogP contribution in [-0.4, -0.2) is 34.0 Å². The van der Waals surface area contributed by atoms with E-state index < -0.39 is 0 Å². The molecule has 0 fully saturated rings.